The number of esters is 1. The van der Waals surface area contributed by atoms with E-state index in [1.807, 2.05) is 13.8 Å². The van der Waals surface area contributed by atoms with E-state index in [1.165, 1.54) is 36.4 Å². The zero-order chi connectivity index (χ0) is 21.0. The Kier molecular flexibility index (Phi) is 6.29. The van der Waals surface area contributed by atoms with E-state index in [0.717, 1.165) is 11.1 Å². The lowest BCUT2D eigenvalue weighted by Gasteiger charge is -2.12. The third-order valence-corrected chi connectivity index (χ3v) is 4.43. The number of carbonyl (C=O) groups excluding carboxylic acids is 2. The molecule has 0 heterocycles. The lowest BCUT2D eigenvalue weighted by atomic mass is 10.0. The highest BCUT2D eigenvalue weighted by Gasteiger charge is 2.12. The van der Waals surface area contributed by atoms with Gasteiger partial charge in [0.1, 0.15) is 17.3 Å². The minimum absolute atomic E-state index is 0.250. The highest BCUT2D eigenvalue weighted by molar-refractivity contribution is 6.30. The van der Waals surface area contributed by atoms with Crippen molar-refractivity contribution in [3.05, 3.63) is 93.8 Å². The van der Waals surface area contributed by atoms with Gasteiger partial charge in [-0.1, -0.05) is 11.6 Å². The lowest BCUT2D eigenvalue weighted by molar-refractivity contribution is -0.136. The Balaban J connectivity index is 1.60. The Bertz CT molecular complexity index is 1020. The predicted molar refractivity (Wildman–Crippen MR) is 108 cm³/mol. The van der Waals surface area contributed by atoms with Gasteiger partial charge in [-0.25, -0.2) is 9.18 Å². The zero-order valence-corrected chi connectivity index (χ0v) is 16.6. The van der Waals surface area contributed by atoms with Crippen molar-refractivity contribution < 1.29 is 23.5 Å². The monoisotopic (exact) mass is 412 g/mol. The summed E-state index contributed by atoms with van der Waals surface area (Å²) >= 11 is 5.99. The summed E-state index contributed by atoms with van der Waals surface area (Å²) in [5.41, 5.74) is 2.43. The number of ketones is 1. The molecule has 3 rings (SSSR count). The van der Waals surface area contributed by atoms with Crippen LogP contribution >= 0.6 is 11.6 Å². The predicted octanol–water partition coefficient (Wildman–Crippen LogP) is 5.31. The van der Waals surface area contributed by atoms with Crippen LogP contribution in [0.5, 0.6) is 11.5 Å². The van der Waals surface area contributed by atoms with Crippen LogP contribution in [0.15, 0.2) is 60.7 Å². The molecule has 4 nitrogen and oxygen atoms in total. The van der Waals surface area contributed by atoms with Crippen molar-refractivity contribution in [1.29, 1.82) is 0 Å². The first-order valence-electron chi connectivity index (χ1n) is 8.84. The Morgan fingerprint density at radius 2 is 1.41 bits per heavy atom. The third kappa shape index (κ3) is 5.21. The molecule has 0 saturated heterocycles. The van der Waals surface area contributed by atoms with Gasteiger partial charge in [-0.15, -0.1) is 0 Å². The number of benzene rings is 3. The zero-order valence-electron chi connectivity index (χ0n) is 15.9. The fourth-order valence-corrected chi connectivity index (χ4v) is 3.19. The van der Waals surface area contributed by atoms with Crippen molar-refractivity contribution in [2.75, 3.05) is 6.61 Å². The van der Waals surface area contributed by atoms with E-state index in [1.54, 1.807) is 24.3 Å². The van der Waals surface area contributed by atoms with E-state index in [0.29, 0.717) is 27.6 Å². The second kappa shape index (κ2) is 8.88. The fourth-order valence-electron chi connectivity index (χ4n) is 2.86. The maximum Gasteiger partial charge on any atom is 0.349 e. The molecule has 6 heteroatoms. The quantitative estimate of drug-likeness (QED) is 0.313. The summed E-state index contributed by atoms with van der Waals surface area (Å²) < 4.78 is 23.8. The van der Waals surface area contributed by atoms with Crippen molar-refractivity contribution in [3.63, 3.8) is 0 Å². The van der Waals surface area contributed by atoms with Crippen LogP contribution in [0.1, 0.15) is 27.0 Å². The molecule has 0 spiro atoms. The molecule has 0 aliphatic rings. The van der Waals surface area contributed by atoms with Gasteiger partial charge in [-0.05, 0) is 85.6 Å². The smallest absolute Gasteiger partial charge is 0.349 e. The molecule has 0 aliphatic carbocycles. The summed E-state index contributed by atoms with van der Waals surface area (Å²) in [5, 5.41) is 0.602. The Morgan fingerprint density at radius 1 is 0.897 bits per heavy atom. The molecule has 0 aliphatic heterocycles. The second-order valence-corrected chi connectivity index (χ2v) is 6.93. The molecule has 0 amide bonds. The first-order chi connectivity index (χ1) is 13.8. The SMILES string of the molecule is Cc1cc(Cl)cc(C)c1OCC(=O)Oc1ccc(C(=O)c2ccc(F)cc2)cc1. The number of aryl methyl sites for hydroxylation is 2. The average molecular weight is 413 g/mol. The molecule has 0 N–H and O–H groups in total. The molecule has 0 atom stereocenters. The molecule has 0 saturated carbocycles. The third-order valence-electron chi connectivity index (χ3n) is 4.21. The van der Waals surface area contributed by atoms with Gasteiger partial charge < -0.3 is 9.47 Å². The van der Waals surface area contributed by atoms with E-state index in [-0.39, 0.29) is 12.4 Å². The van der Waals surface area contributed by atoms with Crippen LogP contribution in [0, 0.1) is 19.7 Å². The molecule has 0 fully saturated rings. The Hall–Kier alpha value is -3.18. The number of hydrogen-bond donors (Lipinski definition) is 0. The molecule has 3 aromatic carbocycles. The van der Waals surface area contributed by atoms with Gasteiger partial charge in [0.2, 0.25) is 0 Å². The van der Waals surface area contributed by atoms with Gasteiger partial charge in [0.25, 0.3) is 0 Å². The molecular weight excluding hydrogens is 395 g/mol. The summed E-state index contributed by atoms with van der Waals surface area (Å²) in [5.74, 6) is -0.350. The molecule has 0 aromatic heterocycles. The molecule has 0 bridgehead atoms. The van der Waals surface area contributed by atoms with E-state index >= 15 is 0 Å². The summed E-state index contributed by atoms with van der Waals surface area (Å²) in [6, 6.07) is 14.9. The van der Waals surface area contributed by atoms with Crippen molar-refractivity contribution in [2.24, 2.45) is 0 Å². The first-order valence-corrected chi connectivity index (χ1v) is 9.22. The summed E-state index contributed by atoms with van der Waals surface area (Å²) in [6.45, 7) is 3.42. The van der Waals surface area contributed by atoms with Gasteiger partial charge in [0.05, 0.1) is 0 Å². The number of hydrogen-bond acceptors (Lipinski definition) is 4. The van der Waals surface area contributed by atoms with Crippen LogP contribution in [-0.4, -0.2) is 18.4 Å². The number of carbonyl (C=O) groups is 2. The van der Waals surface area contributed by atoms with Gasteiger partial charge >= 0.3 is 5.97 Å². The maximum atomic E-state index is 13.0. The lowest BCUT2D eigenvalue weighted by Crippen LogP contribution is -2.18. The Labute approximate surface area is 172 Å². The van der Waals surface area contributed by atoms with Crippen LogP contribution in [0.25, 0.3) is 0 Å². The molecule has 3 aromatic rings. The van der Waals surface area contributed by atoms with Gasteiger partial charge in [0.15, 0.2) is 12.4 Å². The topological polar surface area (TPSA) is 52.6 Å². The van der Waals surface area contributed by atoms with Crippen molar-refractivity contribution in [3.8, 4) is 11.5 Å². The van der Waals surface area contributed by atoms with Gasteiger partial charge in [-0.3, -0.25) is 4.79 Å². The summed E-state index contributed by atoms with van der Waals surface area (Å²) in [4.78, 5) is 24.5. The number of ether oxygens (including phenoxy) is 2. The molecular formula is C23H18ClFO4. The van der Waals surface area contributed by atoms with Crippen LogP contribution in [0.2, 0.25) is 5.02 Å². The maximum absolute atomic E-state index is 13.0. The summed E-state index contributed by atoms with van der Waals surface area (Å²) in [6.07, 6.45) is 0. The number of halogens is 2. The molecule has 29 heavy (non-hydrogen) atoms. The second-order valence-electron chi connectivity index (χ2n) is 6.49. The molecule has 148 valence electrons. The van der Waals surface area contributed by atoms with Gasteiger partial charge in [0, 0.05) is 16.1 Å². The average Bonchev–Trinajstić information content (AvgIpc) is 2.68. The van der Waals surface area contributed by atoms with Crippen molar-refractivity contribution in [2.45, 2.75) is 13.8 Å². The van der Waals surface area contributed by atoms with E-state index < -0.39 is 11.8 Å². The highest BCUT2D eigenvalue weighted by Crippen LogP contribution is 2.27. The first kappa shape index (κ1) is 20.6. The van der Waals surface area contributed by atoms with Crippen molar-refractivity contribution in [1.82, 2.24) is 0 Å². The van der Waals surface area contributed by atoms with E-state index in [9.17, 15) is 14.0 Å². The largest absolute Gasteiger partial charge is 0.481 e. The Morgan fingerprint density at radius 3 is 1.97 bits per heavy atom. The minimum Gasteiger partial charge on any atom is -0.481 e. The fraction of sp³-hybridized carbons (Fsp3) is 0.130. The van der Waals surface area contributed by atoms with Crippen LogP contribution < -0.4 is 9.47 Å². The van der Waals surface area contributed by atoms with Crippen LogP contribution in [0.3, 0.4) is 0 Å². The van der Waals surface area contributed by atoms with Crippen LogP contribution in [-0.2, 0) is 4.79 Å². The number of rotatable bonds is 6. The summed E-state index contributed by atoms with van der Waals surface area (Å²) in [7, 11) is 0. The molecule has 0 radical (unpaired) electrons. The minimum atomic E-state index is -0.573. The van der Waals surface area contributed by atoms with Crippen molar-refractivity contribution >= 4 is 23.4 Å². The van der Waals surface area contributed by atoms with E-state index in [4.69, 9.17) is 21.1 Å². The van der Waals surface area contributed by atoms with E-state index in [2.05, 4.69) is 0 Å². The highest BCUT2D eigenvalue weighted by atomic mass is 35.5. The molecule has 0 unspecified atom stereocenters. The normalized spacial score (nSPS) is 10.5. The standard InChI is InChI=1S/C23H18ClFO4/c1-14-11-18(24)12-15(2)23(14)28-13-21(26)29-20-9-5-17(6-10-20)22(27)16-3-7-19(25)8-4-16/h3-12H,13H2,1-2H3. The van der Waals surface area contributed by atoms with Gasteiger partial charge in [-0.2, -0.15) is 0 Å². The van der Waals surface area contributed by atoms with Crippen LogP contribution in [0.4, 0.5) is 4.39 Å².